The molecule has 0 aliphatic carbocycles. The third-order valence-electron chi connectivity index (χ3n) is 1.88. The minimum Gasteiger partial charge on any atom is -0.511 e. The Morgan fingerprint density at radius 2 is 2.06 bits per heavy atom. The van der Waals surface area contributed by atoms with E-state index in [-0.39, 0.29) is 21.9 Å². The Hall–Kier alpha value is -1.50. The maximum atomic E-state index is 11.8. The molecule has 0 radical (unpaired) electrons. The van der Waals surface area contributed by atoms with Crippen LogP contribution in [0.5, 0.6) is 0 Å². The third kappa shape index (κ3) is 2.54. The molecule has 0 heterocycles. The quantitative estimate of drug-likeness (QED) is 0.381. The fraction of sp³-hybridized carbons (Fsp3) is 0.0909. The second-order valence-electron chi connectivity index (χ2n) is 3.03. The van der Waals surface area contributed by atoms with Crippen molar-refractivity contribution in [2.45, 2.75) is 6.92 Å². The van der Waals surface area contributed by atoms with Gasteiger partial charge in [-0.25, -0.2) is 0 Å². The number of aliphatic hydroxyl groups excluding tert-OH is 1. The third-order valence-corrected chi connectivity index (χ3v) is 2.42. The van der Waals surface area contributed by atoms with Crippen molar-refractivity contribution in [1.29, 1.82) is 5.26 Å². The molecule has 0 unspecified atom stereocenters. The van der Waals surface area contributed by atoms with Gasteiger partial charge in [-0.3, -0.25) is 4.79 Å². The number of hydrogen-bond donors (Lipinski definition) is 1. The van der Waals surface area contributed by atoms with E-state index in [1.54, 1.807) is 6.07 Å². The summed E-state index contributed by atoms with van der Waals surface area (Å²) < 4.78 is 0. The number of nitrogens with zero attached hydrogens (tertiary/aromatic N) is 1. The molecule has 1 aromatic rings. The summed E-state index contributed by atoms with van der Waals surface area (Å²) in [6.45, 7) is 1.26. The van der Waals surface area contributed by atoms with E-state index in [4.69, 9.17) is 33.6 Å². The minimum absolute atomic E-state index is 0.135. The molecule has 5 heteroatoms. The molecule has 1 N–H and O–H groups in total. The van der Waals surface area contributed by atoms with Crippen molar-refractivity contribution in [3.8, 4) is 6.07 Å². The van der Waals surface area contributed by atoms with Gasteiger partial charge in [0, 0.05) is 10.6 Å². The lowest BCUT2D eigenvalue weighted by Gasteiger charge is -2.03. The molecule has 82 valence electrons. The largest absolute Gasteiger partial charge is 0.511 e. The van der Waals surface area contributed by atoms with Crippen LogP contribution < -0.4 is 0 Å². The number of rotatable bonds is 2. The summed E-state index contributed by atoms with van der Waals surface area (Å²) in [4.78, 5) is 11.8. The zero-order chi connectivity index (χ0) is 12.3. The van der Waals surface area contributed by atoms with E-state index in [0.29, 0.717) is 5.02 Å². The van der Waals surface area contributed by atoms with Crippen molar-refractivity contribution in [2.75, 3.05) is 0 Å². The van der Waals surface area contributed by atoms with Crippen LogP contribution in [0.4, 0.5) is 0 Å². The van der Waals surface area contributed by atoms with Gasteiger partial charge in [-0.1, -0.05) is 23.2 Å². The molecule has 0 aliphatic rings. The molecule has 0 atom stereocenters. The van der Waals surface area contributed by atoms with Gasteiger partial charge in [0.05, 0.1) is 5.02 Å². The summed E-state index contributed by atoms with van der Waals surface area (Å²) in [5, 5.41) is 18.4. The first-order chi connectivity index (χ1) is 7.47. The number of nitriles is 1. The summed E-state index contributed by atoms with van der Waals surface area (Å²) in [5.41, 5.74) is -0.194. The van der Waals surface area contributed by atoms with E-state index in [0.717, 1.165) is 0 Å². The van der Waals surface area contributed by atoms with Crippen molar-refractivity contribution < 1.29 is 9.90 Å². The van der Waals surface area contributed by atoms with Crippen LogP contribution in [0.2, 0.25) is 10.0 Å². The van der Waals surface area contributed by atoms with Crippen LogP contribution in [0, 0.1) is 11.3 Å². The van der Waals surface area contributed by atoms with Crippen molar-refractivity contribution in [2.24, 2.45) is 0 Å². The molecule has 0 spiro atoms. The maximum Gasteiger partial charge on any atom is 0.208 e. The van der Waals surface area contributed by atoms with Crippen molar-refractivity contribution in [1.82, 2.24) is 0 Å². The van der Waals surface area contributed by atoms with Gasteiger partial charge in [-0.15, -0.1) is 0 Å². The van der Waals surface area contributed by atoms with Gasteiger partial charge < -0.3 is 5.11 Å². The Morgan fingerprint density at radius 3 is 2.50 bits per heavy atom. The van der Waals surface area contributed by atoms with Crippen LogP contribution in [0.25, 0.3) is 0 Å². The molecule has 0 aromatic heterocycles. The fourth-order valence-corrected chi connectivity index (χ4v) is 1.60. The summed E-state index contributed by atoms with van der Waals surface area (Å²) in [6.07, 6.45) is 0. The van der Waals surface area contributed by atoms with Crippen LogP contribution in [-0.4, -0.2) is 10.9 Å². The standard InChI is InChI=1S/C11H7Cl2NO2/c1-6(15)9(5-14)11(16)8-3-2-7(12)4-10(8)13/h2-4,15H,1H3. The second kappa shape index (κ2) is 5.02. The van der Waals surface area contributed by atoms with Crippen LogP contribution in [-0.2, 0) is 0 Å². The van der Waals surface area contributed by atoms with Gasteiger partial charge in [-0.2, -0.15) is 5.26 Å². The molecule has 0 aliphatic heterocycles. The number of Topliss-reactive ketones (excluding diaryl/α,β-unsaturated/α-hetero) is 1. The number of allylic oxidation sites excluding steroid dienone is 2. The average molecular weight is 256 g/mol. The van der Waals surface area contributed by atoms with E-state index < -0.39 is 5.78 Å². The highest BCUT2D eigenvalue weighted by Crippen LogP contribution is 2.23. The zero-order valence-corrected chi connectivity index (χ0v) is 9.80. The number of halogens is 2. The predicted molar refractivity (Wildman–Crippen MR) is 61.7 cm³/mol. The van der Waals surface area contributed by atoms with Gasteiger partial charge >= 0.3 is 0 Å². The van der Waals surface area contributed by atoms with Gasteiger partial charge in [-0.05, 0) is 25.1 Å². The van der Waals surface area contributed by atoms with E-state index in [1.807, 2.05) is 0 Å². The number of carbonyl (C=O) groups excluding carboxylic acids is 1. The SMILES string of the molecule is CC(O)=C(C#N)C(=O)c1ccc(Cl)cc1Cl. The number of benzene rings is 1. The summed E-state index contributed by atoms with van der Waals surface area (Å²) in [5.74, 6) is -0.956. The molecule has 1 rings (SSSR count). The highest BCUT2D eigenvalue weighted by atomic mass is 35.5. The maximum absolute atomic E-state index is 11.8. The van der Waals surface area contributed by atoms with Crippen molar-refractivity contribution >= 4 is 29.0 Å². The Morgan fingerprint density at radius 1 is 1.44 bits per heavy atom. The second-order valence-corrected chi connectivity index (χ2v) is 3.87. The Labute approximate surface area is 103 Å². The lowest BCUT2D eigenvalue weighted by Crippen LogP contribution is -2.05. The Kier molecular flexibility index (Phi) is 3.94. The topological polar surface area (TPSA) is 61.1 Å². The highest BCUT2D eigenvalue weighted by Gasteiger charge is 2.17. The lowest BCUT2D eigenvalue weighted by molar-refractivity contribution is 0.103. The number of ketones is 1. The molecule has 16 heavy (non-hydrogen) atoms. The molecule has 0 saturated heterocycles. The zero-order valence-electron chi connectivity index (χ0n) is 8.29. The monoisotopic (exact) mass is 255 g/mol. The molecule has 0 saturated carbocycles. The molecule has 0 bridgehead atoms. The first-order valence-electron chi connectivity index (χ1n) is 4.27. The lowest BCUT2D eigenvalue weighted by atomic mass is 10.0. The number of hydrogen-bond acceptors (Lipinski definition) is 3. The summed E-state index contributed by atoms with van der Waals surface area (Å²) in [6, 6.07) is 5.93. The molecule has 0 fully saturated rings. The fourth-order valence-electron chi connectivity index (χ4n) is 1.10. The van der Waals surface area contributed by atoms with Gasteiger partial charge in [0.1, 0.15) is 17.4 Å². The summed E-state index contributed by atoms with van der Waals surface area (Å²) in [7, 11) is 0. The van der Waals surface area contributed by atoms with Crippen LogP contribution >= 0.6 is 23.2 Å². The summed E-state index contributed by atoms with van der Waals surface area (Å²) >= 11 is 11.5. The first kappa shape index (κ1) is 12.6. The smallest absolute Gasteiger partial charge is 0.208 e. The van der Waals surface area contributed by atoms with Crippen LogP contribution in [0.15, 0.2) is 29.5 Å². The molecule has 0 amide bonds. The normalized spacial score (nSPS) is 11.6. The van der Waals surface area contributed by atoms with Crippen molar-refractivity contribution in [3.05, 3.63) is 45.1 Å². The Bertz CT molecular complexity index is 511. The van der Waals surface area contributed by atoms with Gasteiger partial charge in [0.2, 0.25) is 5.78 Å². The number of carbonyl (C=O) groups is 1. The first-order valence-corrected chi connectivity index (χ1v) is 5.02. The van der Waals surface area contributed by atoms with E-state index in [9.17, 15) is 4.79 Å². The van der Waals surface area contributed by atoms with E-state index >= 15 is 0 Å². The van der Waals surface area contributed by atoms with E-state index in [2.05, 4.69) is 0 Å². The molecular formula is C11H7Cl2NO2. The minimum atomic E-state index is -0.621. The predicted octanol–water partition coefficient (Wildman–Crippen LogP) is 3.53. The average Bonchev–Trinajstić information content (AvgIpc) is 2.17. The van der Waals surface area contributed by atoms with Crippen LogP contribution in [0.3, 0.4) is 0 Å². The number of aliphatic hydroxyl groups is 1. The highest BCUT2D eigenvalue weighted by molar-refractivity contribution is 6.37. The van der Waals surface area contributed by atoms with Gasteiger partial charge in [0.25, 0.3) is 0 Å². The Balaban J connectivity index is 3.27. The van der Waals surface area contributed by atoms with Gasteiger partial charge in [0.15, 0.2) is 0 Å². The van der Waals surface area contributed by atoms with E-state index in [1.165, 1.54) is 25.1 Å². The molecular weight excluding hydrogens is 249 g/mol. The molecule has 1 aromatic carbocycles. The van der Waals surface area contributed by atoms with Crippen molar-refractivity contribution in [3.63, 3.8) is 0 Å². The van der Waals surface area contributed by atoms with Crippen LogP contribution in [0.1, 0.15) is 17.3 Å². The molecule has 3 nitrogen and oxygen atoms in total.